The van der Waals surface area contributed by atoms with Gasteiger partial charge in [-0.3, -0.25) is 9.59 Å². The molecule has 4 nitrogen and oxygen atoms in total. The molecule has 2 aliphatic rings. The predicted octanol–water partition coefficient (Wildman–Crippen LogP) is 1.88. The van der Waals surface area contributed by atoms with Crippen molar-refractivity contribution in [3.8, 4) is 0 Å². The van der Waals surface area contributed by atoms with Crippen molar-refractivity contribution in [2.45, 2.75) is 51.5 Å². The summed E-state index contributed by atoms with van der Waals surface area (Å²) in [5, 5.41) is 3.10. The Bertz CT molecular complexity index is 321. The van der Waals surface area contributed by atoms with Gasteiger partial charge >= 0.3 is 5.97 Å². The quantitative estimate of drug-likeness (QED) is 0.781. The van der Waals surface area contributed by atoms with E-state index in [-0.39, 0.29) is 23.7 Å². The maximum atomic E-state index is 12.1. The van der Waals surface area contributed by atoms with Crippen LogP contribution in [0.2, 0.25) is 0 Å². The van der Waals surface area contributed by atoms with Crippen molar-refractivity contribution >= 4 is 11.9 Å². The van der Waals surface area contributed by atoms with Crippen molar-refractivity contribution in [3.63, 3.8) is 0 Å². The molecule has 1 amide bonds. The predicted molar refractivity (Wildman–Crippen MR) is 67.8 cm³/mol. The molecule has 0 aliphatic heterocycles. The van der Waals surface area contributed by atoms with E-state index in [4.69, 9.17) is 4.74 Å². The third-order valence-electron chi connectivity index (χ3n) is 4.48. The molecular weight excluding hydrogens is 230 g/mol. The summed E-state index contributed by atoms with van der Waals surface area (Å²) in [6.07, 6.45) is 6.12. The molecule has 0 aromatic carbocycles. The molecule has 0 spiro atoms. The summed E-state index contributed by atoms with van der Waals surface area (Å²) in [7, 11) is 1.39. The zero-order valence-corrected chi connectivity index (χ0v) is 11.3. The van der Waals surface area contributed by atoms with Crippen LogP contribution in [0.5, 0.6) is 0 Å². The fraction of sp³-hybridized carbons (Fsp3) is 0.857. The lowest BCUT2D eigenvalue weighted by Gasteiger charge is -2.35. The van der Waals surface area contributed by atoms with E-state index in [0.29, 0.717) is 6.04 Å². The summed E-state index contributed by atoms with van der Waals surface area (Å²) in [4.78, 5) is 23.5. The van der Waals surface area contributed by atoms with Gasteiger partial charge in [0.1, 0.15) is 0 Å². The topological polar surface area (TPSA) is 55.4 Å². The molecule has 0 aromatic rings. The van der Waals surface area contributed by atoms with Crippen molar-refractivity contribution in [1.29, 1.82) is 0 Å². The van der Waals surface area contributed by atoms with Crippen LogP contribution in [0, 0.1) is 17.8 Å². The molecular formula is C14H23NO3. The molecule has 0 saturated heterocycles. The molecule has 2 fully saturated rings. The summed E-state index contributed by atoms with van der Waals surface area (Å²) in [5.41, 5.74) is 0. The van der Waals surface area contributed by atoms with E-state index >= 15 is 0 Å². The van der Waals surface area contributed by atoms with Crippen LogP contribution < -0.4 is 5.32 Å². The molecule has 0 heterocycles. The van der Waals surface area contributed by atoms with Crippen LogP contribution in [-0.2, 0) is 14.3 Å². The van der Waals surface area contributed by atoms with Crippen LogP contribution >= 0.6 is 0 Å². The molecule has 2 atom stereocenters. The number of amides is 1. The Morgan fingerprint density at radius 1 is 1.00 bits per heavy atom. The number of ether oxygens (including phenoxy) is 1. The van der Waals surface area contributed by atoms with Crippen LogP contribution in [0.25, 0.3) is 0 Å². The number of carbonyl (C=O) groups excluding carboxylic acids is 2. The van der Waals surface area contributed by atoms with Gasteiger partial charge in [-0.25, -0.2) is 0 Å². The molecule has 2 rings (SSSR count). The third-order valence-corrected chi connectivity index (χ3v) is 4.48. The van der Waals surface area contributed by atoms with Crippen LogP contribution in [0.15, 0.2) is 0 Å². The summed E-state index contributed by atoms with van der Waals surface area (Å²) >= 11 is 0. The molecule has 1 N–H and O–H groups in total. The van der Waals surface area contributed by atoms with E-state index in [1.807, 2.05) is 0 Å². The van der Waals surface area contributed by atoms with Gasteiger partial charge in [-0.15, -0.1) is 0 Å². The molecule has 0 radical (unpaired) electrons. The van der Waals surface area contributed by atoms with Gasteiger partial charge in [0.05, 0.1) is 18.9 Å². The van der Waals surface area contributed by atoms with Gasteiger partial charge in [-0.05, 0) is 44.4 Å². The van der Waals surface area contributed by atoms with Crippen molar-refractivity contribution in [3.05, 3.63) is 0 Å². The summed E-state index contributed by atoms with van der Waals surface area (Å²) in [6, 6.07) is 0.313. The smallest absolute Gasteiger partial charge is 0.309 e. The van der Waals surface area contributed by atoms with Crippen molar-refractivity contribution in [1.82, 2.24) is 5.32 Å². The Morgan fingerprint density at radius 3 is 2.11 bits per heavy atom. The molecule has 18 heavy (non-hydrogen) atoms. The van der Waals surface area contributed by atoms with Gasteiger partial charge in [0.2, 0.25) is 5.91 Å². The van der Waals surface area contributed by atoms with E-state index in [2.05, 4.69) is 12.2 Å². The van der Waals surface area contributed by atoms with E-state index in [0.717, 1.165) is 31.6 Å². The standard InChI is InChI=1S/C14H23NO3/c1-9-3-5-10(6-4-9)15-13(16)11-7-8-12(11)14(17)18-2/h9-12H,3-8H2,1-2H3,(H,15,16)/t9-,10-,11-,12-/m1/s1. The minimum absolute atomic E-state index is 0.0520. The minimum Gasteiger partial charge on any atom is -0.469 e. The summed E-state index contributed by atoms with van der Waals surface area (Å²) < 4.78 is 4.72. The minimum atomic E-state index is -0.237. The number of rotatable bonds is 3. The number of hydrogen-bond donors (Lipinski definition) is 1. The molecule has 0 unspecified atom stereocenters. The second-order valence-corrected chi connectivity index (χ2v) is 5.78. The molecule has 4 heteroatoms. The Hall–Kier alpha value is -1.06. The zero-order valence-electron chi connectivity index (χ0n) is 11.3. The highest BCUT2D eigenvalue weighted by molar-refractivity contribution is 5.87. The lowest BCUT2D eigenvalue weighted by molar-refractivity contribution is -0.156. The van der Waals surface area contributed by atoms with Crippen molar-refractivity contribution in [2.75, 3.05) is 7.11 Å². The Balaban J connectivity index is 1.80. The van der Waals surface area contributed by atoms with Gasteiger partial charge in [0.15, 0.2) is 0 Å². The van der Waals surface area contributed by atoms with E-state index in [9.17, 15) is 9.59 Å². The normalized spacial score (nSPS) is 35.4. The van der Waals surface area contributed by atoms with Crippen molar-refractivity contribution in [2.24, 2.45) is 17.8 Å². The maximum Gasteiger partial charge on any atom is 0.309 e. The molecule has 0 bridgehead atoms. The van der Waals surface area contributed by atoms with Crippen LogP contribution in [-0.4, -0.2) is 25.0 Å². The van der Waals surface area contributed by atoms with E-state index in [1.165, 1.54) is 20.0 Å². The fourth-order valence-corrected chi connectivity index (χ4v) is 2.96. The average Bonchev–Trinajstić information content (AvgIpc) is 2.30. The first-order valence-corrected chi connectivity index (χ1v) is 7.00. The number of nitrogens with one attached hydrogen (secondary N) is 1. The molecule has 0 aromatic heterocycles. The molecule has 102 valence electrons. The van der Waals surface area contributed by atoms with Crippen molar-refractivity contribution < 1.29 is 14.3 Å². The fourth-order valence-electron chi connectivity index (χ4n) is 2.96. The first-order valence-electron chi connectivity index (χ1n) is 7.00. The second-order valence-electron chi connectivity index (χ2n) is 5.78. The lowest BCUT2D eigenvalue weighted by atomic mass is 9.73. The van der Waals surface area contributed by atoms with Gasteiger partial charge in [-0.1, -0.05) is 6.92 Å². The Morgan fingerprint density at radius 2 is 1.61 bits per heavy atom. The van der Waals surface area contributed by atoms with E-state index < -0.39 is 0 Å². The van der Waals surface area contributed by atoms with Gasteiger partial charge in [-0.2, -0.15) is 0 Å². The largest absolute Gasteiger partial charge is 0.469 e. The number of esters is 1. The lowest BCUT2D eigenvalue weighted by Crippen LogP contribution is -2.48. The number of carbonyl (C=O) groups is 2. The highest BCUT2D eigenvalue weighted by Gasteiger charge is 2.42. The summed E-state index contributed by atoms with van der Waals surface area (Å²) in [5.74, 6) is 0.230. The van der Waals surface area contributed by atoms with Gasteiger partial charge in [0, 0.05) is 6.04 Å². The van der Waals surface area contributed by atoms with E-state index in [1.54, 1.807) is 0 Å². The highest BCUT2D eigenvalue weighted by Crippen LogP contribution is 2.35. The monoisotopic (exact) mass is 253 g/mol. The third kappa shape index (κ3) is 2.85. The maximum absolute atomic E-state index is 12.1. The van der Waals surface area contributed by atoms with Crippen LogP contribution in [0.1, 0.15) is 45.4 Å². The Kier molecular flexibility index (Phi) is 4.25. The number of methoxy groups -OCH3 is 1. The first kappa shape index (κ1) is 13.4. The Labute approximate surface area is 108 Å². The van der Waals surface area contributed by atoms with Crippen LogP contribution in [0.3, 0.4) is 0 Å². The van der Waals surface area contributed by atoms with Crippen LogP contribution in [0.4, 0.5) is 0 Å². The zero-order chi connectivity index (χ0) is 13.1. The molecule has 2 saturated carbocycles. The summed E-state index contributed by atoms with van der Waals surface area (Å²) in [6.45, 7) is 2.26. The number of hydrogen-bond acceptors (Lipinski definition) is 3. The van der Waals surface area contributed by atoms with Gasteiger partial charge < -0.3 is 10.1 Å². The SMILES string of the molecule is COC(=O)[C@@H]1CC[C@H]1C(=O)N[C@H]1CC[C@H](C)CC1. The molecule has 2 aliphatic carbocycles. The first-order chi connectivity index (χ1) is 8.61. The highest BCUT2D eigenvalue weighted by atomic mass is 16.5. The van der Waals surface area contributed by atoms with Gasteiger partial charge in [0.25, 0.3) is 0 Å². The average molecular weight is 253 g/mol. The second kappa shape index (κ2) is 5.72.